The van der Waals surface area contributed by atoms with Crippen LogP contribution in [-0.4, -0.2) is 22.1 Å². The van der Waals surface area contributed by atoms with Gasteiger partial charge in [-0.05, 0) is 19.1 Å². The monoisotopic (exact) mass is 204 g/mol. The first-order chi connectivity index (χ1) is 7.22. The number of para-hydroxylation sites is 2. The minimum atomic E-state index is 0.237. The smallest absolute Gasteiger partial charge is 0.203 e. The van der Waals surface area contributed by atoms with Crippen LogP contribution >= 0.6 is 0 Å². The number of hydrogen-bond donors (Lipinski definition) is 2. The predicted molar refractivity (Wildman–Crippen MR) is 62.9 cm³/mol. The summed E-state index contributed by atoms with van der Waals surface area (Å²) in [6.45, 7) is 2.64. The zero-order valence-electron chi connectivity index (χ0n) is 9.07. The van der Waals surface area contributed by atoms with E-state index in [4.69, 9.17) is 5.73 Å². The lowest BCUT2D eigenvalue weighted by Gasteiger charge is -2.11. The van der Waals surface area contributed by atoms with Crippen LogP contribution in [0.1, 0.15) is 6.92 Å². The van der Waals surface area contributed by atoms with E-state index >= 15 is 0 Å². The van der Waals surface area contributed by atoms with Gasteiger partial charge in [0.25, 0.3) is 0 Å². The van der Waals surface area contributed by atoms with Crippen LogP contribution in [0.25, 0.3) is 11.0 Å². The molecule has 1 atom stereocenters. The van der Waals surface area contributed by atoms with Crippen LogP contribution in [-0.2, 0) is 7.05 Å². The molecule has 2 aromatic rings. The van der Waals surface area contributed by atoms with Crippen molar-refractivity contribution in [2.75, 3.05) is 11.9 Å². The van der Waals surface area contributed by atoms with Crippen LogP contribution in [0.2, 0.25) is 0 Å². The lowest BCUT2D eigenvalue weighted by Crippen LogP contribution is -2.26. The van der Waals surface area contributed by atoms with Crippen LogP contribution in [0.15, 0.2) is 24.3 Å². The predicted octanol–water partition coefficient (Wildman–Crippen LogP) is 1.33. The Labute approximate surface area is 89.1 Å². The number of imidazole rings is 1. The van der Waals surface area contributed by atoms with Crippen molar-refractivity contribution in [3.05, 3.63) is 24.3 Å². The highest BCUT2D eigenvalue weighted by Crippen LogP contribution is 2.17. The van der Waals surface area contributed by atoms with Gasteiger partial charge in [0.15, 0.2) is 0 Å². The summed E-state index contributed by atoms with van der Waals surface area (Å²) in [7, 11) is 2.00. The van der Waals surface area contributed by atoms with E-state index in [1.54, 1.807) is 0 Å². The summed E-state index contributed by atoms with van der Waals surface area (Å²) in [5.41, 5.74) is 7.70. The average Bonchev–Trinajstić information content (AvgIpc) is 2.57. The second-order valence-corrected chi connectivity index (χ2v) is 3.76. The average molecular weight is 204 g/mol. The molecule has 0 fully saturated rings. The number of hydrogen-bond acceptors (Lipinski definition) is 3. The number of anilines is 1. The SMILES string of the molecule is CC(CN)Nc1nc2ccccc2n1C. The van der Waals surface area contributed by atoms with Crippen LogP contribution in [0, 0.1) is 0 Å². The molecule has 1 aromatic carbocycles. The highest BCUT2D eigenvalue weighted by Gasteiger charge is 2.08. The lowest BCUT2D eigenvalue weighted by atomic mass is 10.3. The highest BCUT2D eigenvalue weighted by molar-refractivity contribution is 5.78. The molecule has 1 aromatic heterocycles. The van der Waals surface area contributed by atoms with Gasteiger partial charge in [-0.2, -0.15) is 0 Å². The van der Waals surface area contributed by atoms with Gasteiger partial charge in [0, 0.05) is 19.6 Å². The fraction of sp³-hybridized carbons (Fsp3) is 0.364. The van der Waals surface area contributed by atoms with E-state index in [2.05, 4.69) is 16.4 Å². The Bertz CT molecular complexity index is 461. The van der Waals surface area contributed by atoms with Gasteiger partial charge < -0.3 is 15.6 Å². The van der Waals surface area contributed by atoms with E-state index in [0.29, 0.717) is 6.54 Å². The molecule has 0 aliphatic heterocycles. The van der Waals surface area contributed by atoms with Crippen molar-refractivity contribution in [1.29, 1.82) is 0 Å². The first kappa shape index (κ1) is 9.98. The molecule has 3 N–H and O–H groups in total. The van der Waals surface area contributed by atoms with E-state index in [-0.39, 0.29) is 6.04 Å². The fourth-order valence-corrected chi connectivity index (χ4v) is 1.55. The number of rotatable bonds is 3. The minimum absolute atomic E-state index is 0.237. The van der Waals surface area contributed by atoms with Crippen LogP contribution in [0.5, 0.6) is 0 Å². The summed E-state index contributed by atoms with van der Waals surface area (Å²) in [4.78, 5) is 4.50. The number of benzene rings is 1. The molecule has 0 aliphatic rings. The molecule has 1 unspecified atom stereocenters. The molecule has 15 heavy (non-hydrogen) atoms. The van der Waals surface area contributed by atoms with Crippen molar-refractivity contribution in [2.45, 2.75) is 13.0 Å². The second-order valence-electron chi connectivity index (χ2n) is 3.76. The summed E-state index contributed by atoms with van der Waals surface area (Å²) >= 11 is 0. The van der Waals surface area contributed by atoms with E-state index in [1.165, 1.54) is 0 Å². The molecule has 0 aliphatic carbocycles. The van der Waals surface area contributed by atoms with Crippen LogP contribution in [0.4, 0.5) is 5.95 Å². The van der Waals surface area contributed by atoms with Crippen molar-refractivity contribution >= 4 is 17.0 Å². The summed E-state index contributed by atoms with van der Waals surface area (Å²) in [6.07, 6.45) is 0. The molecular weight excluding hydrogens is 188 g/mol. The zero-order valence-corrected chi connectivity index (χ0v) is 9.07. The Kier molecular flexibility index (Phi) is 2.60. The first-order valence-corrected chi connectivity index (χ1v) is 5.10. The van der Waals surface area contributed by atoms with Gasteiger partial charge in [-0.15, -0.1) is 0 Å². The van der Waals surface area contributed by atoms with Gasteiger partial charge in [0.05, 0.1) is 11.0 Å². The Morgan fingerprint density at radius 3 is 2.87 bits per heavy atom. The van der Waals surface area contributed by atoms with Gasteiger partial charge in [-0.3, -0.25) is 0 Å². The molecule has 0 saturated carbocycles. The zero-order chi connectivity index (χ0) is 10.8. The van der Waals surface area contributed by atoms with Gasteiger partial charge in [0.1, 0.15) is 0 Å². The molecule has 0 saturated heterocycles. The molecule has 1 heterocycles. The van der Waals surface area contributed by atoms with Crippen LogP contribution < -0.4 is 11.1 Å². The van der Waals surface area contributed by atoms with Gasteiger partial charge in [0.2, 0.25) is 5.95 Å². The van der Waals surface area contributed by atoms with Gasteiger partial charge in [-0.1, -0.05) is 12.1 Å². The number of aryl methyl sites for hydroxylation is 1. The molecule has 2 rings (SSSR count). The molecule has 80 valence electrons. The van der Waals surface area contributed by atoms with Crippen molar-refractivity contribution in [1.82, 2.24) is 9.55 Å². The summed E-state index contributed by atoms with van der Waals surface area (Å²) < 4.78 is 2.04. The minimum Gasteiger partial charge on any atom is -0.352 e. The molecule has 4 heteroatoms. The van der Waals surface area contributed by atoms with E-state index < -0.39 is 0 Å². The summed E-state index contributed by atoms with van der Waals surface area (Å²) in [5.74, 6) is 0.870. The van der Waals surface area contributed by atoms with Crippen molar-refractivity contribution in [3.63, 3.8) is 0 Å². The molecule has 0 spiro atoms. The maximum absolute atomic E-state index is 5.56. The number of aromatic nitrogens is 2. The second kappa shape index (κ2) is 3.90. The van der Waals surface area contributed by atoms with E-state index in [0.717, 1.165) is 17.0 Å². The van der Waals surface area contributed by atoms with E-state index in [1.807, 2.05) is 36.7 Å². The molecule has 4 nitrogen and oxygen atoms in total. The maximum Gasteiger partial charge on any atom is 0.203 e. The van der Waals surface area contributed by atoms with Crippen molar-refractivity contribution in [2.24, 2.45) is 12.8 Å². The van der Waals surface area contributed by atoms with Gasteiger partial charge >= 0.3 is 0 Å². The first-order valence-electron chi connectivity index (χ1n) is 5.10. The van der Waals surface area contributed by atoms with Crippen molar-refractivity contribution in [3.8, 4) is 0 Å². The van der Waals surface area contributed by atoms with E-state index in [9.17, 15) is 0 Å². The molecule has 0 radical (unpaired) electrons. The standard InChI is InChI=1S/C11H16N4/c1-8(7-12)13-11-14-9-5-3-4-6-10(9)15(11)2/h3-6,8H,7,12H2,1-2H3,(H,13,14). The normalized spacial score (nSPS) is 13.0. The third-order valence-corrected chi connectivity index (χ3v) is 2.52. The largest absolute Gasteiger partial charge is 0.352 e. The molecule has 0 bridgehead atoms. The number of nitrogens with zero attached hydrogens (tertiary/aromatic N) is 2. The summed E-state index contributed by atoms with van der Waals surface area (Å²) in [5, 5.41) is 3.28. The third-order valence-electron chi connectivity index (χ3n) is 2.52. The Hall–Kier alpha value is -1.55. The lowest BCUT2D eigenvalue weighted by molar-refractivity contribution is 0.777. The fourth-order valence-electron chi connectivity index (χ4n) is 1.55. The number of fused-ring (bicyclic) bond motifs is 1. The Morgan fingerprint density at radius 2 is 2.20 bits per heavy atom. The molecular formula is C11H16N4. The third kappa shape index (κ3) is 1.80. The number of nitrogens with one attached hydrogen (secondary N) is 1. The van der Waals surface area contributed by atoms with Crippen molar-refractivity contribution < 1.29 is 0 Å². The Morgan fingerprint density at radius 1 is 1.47 bits per heavy atom. The maximum atomic E-state index is 5.56. The summed E-state index contributed by atoms with van der Waals surface area (Å²) in [6, 6.07) is 8.31. The highest BCUT2D eigenvalue weighted by atomic mass is 15.2. The quantitative estimate of drug-likeness (QED) is 0.793. The molecule has 0 amide bonds. The Balaban J connectivity index is 2.40. The topological polar surface area (TPSA) is 55.9 Å². The van der Waals surface area contributed by atoms with Gasteiger partial charge in [-0.25, -0.2) is 4.98 Å². The number of nitrogens with two attached hydrogens (primary N) is 1. The van der Waals surface area contributed by atoms with Crippen LogP contribution in [0.3, 0.4) is 0 Å².